The highest BCUT2D eigenvalue weighted by Crippen LogP contribution is 2.25. The van der Waals surface area contributed by atoms with Crippen molar-refractivity contribution in [2.75, 3.05) is 13.1 Å². The van der Waals surface area contributed by atoms with Crippen LogP contribution in [0.2, 0.25) is 0 Å². The number of nitrogens with two attached hydrogens (primary N) is 1. The molecule has 0 bridgehead atoms. The number of hydrogen-bond acceptors (Lipinski definition) is 4. The van der Waals surface area contributed by atoms with Crippen molar-refractivity contribution in [3.8, 4) is 0 Å². The van der Waals surface area contributed by atoms with E-state index < -0.39 is 5.54 Å². The number of nitrogens with one attached hydrogen (secondary N) is 2. The van der Waals surface area contributed by atoms with Crippen LogP contribution in [0.15, 0.2) is 16.7 Å². The fourth-order valence-corrected chi connectivity index (χ4v) is 2.76. The summed E-state index contributed by atoms with van der Waals surface area (Å²) in [5.74, 6) is 0.0453. The quantitative estimate of drug-likeness (QED) is 0.693. The molecule has 2 rings (SSSR count). The summed E-state index contributed by atoms with van der Waals surface area (Å²) >= 11 is 0. The molecule has 0 aromatic carbocycles. The van der Waals surface area contributed by atoms with Crippen LogP contribution in [0.5, 0.6) is 0 Å². The molecular weight excluding hydrogens is 282 g/mol. The highest BCUT2D eigenvalue weighted by atomic mass is 16.3. The summed E-state index contributed by atoms with van der Waals surface area (Å²) in [5, 5.41) is 5.65. The topological polar surface area (TPSA) is 97.4 Å². The average molecular weight is 307 g/mol. The minimum Gasteiger partial charge on any atom is -0.459 e. The van der Waals surface area contributed by atoms with Gasteiger partial charge in [0.1, 0.15) is 0 Å². The van der Waals surface area contributed by atoms with Crippen molar-refractivity contribution >= 4 is 11.8 Å². The van der Waals surface area contributed by atoms with E-state index in [1.54, 1.807) is 6.07 Å². The van der Waals surface area contributed by atoms with Gasteiger partial charge in [-0.3, -0.25) is 9.59 Å². The summed E-state index contributed by atoms with van der Waals surface area (Å²) in [6, 6.07) is 1.75. The zero-order chi connectivity index (χ0) is 16.0. The van der Waals surface area contributed by atoms with E-state index in [-0.39, 0.29) is 11.8 Å². The molecule has 4 N–H and O–H groups in total. The summed E-state index contributed by atoms with van der Waals surface area (Å²) in [4.78, 5) is 23.9. The lowest BCUT2D eigenvalue weighted by Gasteiger charge is -2.31. The third kappa shape index (κ3) is 4.10. The normalized spacial score (nSPS) is 17.0. The standard InChI is InChI=1S/C16H25N3O3/c1-12-6-11-22-13(12)14(20)18-9-5-10-19-15(21)16(17)7-3-2-4-8-16/h6,11H,2-5,7-10,17H2,1H3,(H,18,20)(H,19,21). The van der Waals surface area contributed by atoms with Gasteiger partial charge in [-0.2, -0.15) is 0 Å². The molecule has 1 aliphatic rings. The fourth-order valence-electron chi connectivity index (χ4n) is 2.76. The van der Waals surface area contributed by atoms with Gasteiger partial charge in [0.15, 0.2) is 5.76 Å². The SMILES string of the molecule is Cc1ccoc1C(=O)NCCCNC(=O)C1(N)CCCCC1. The van der Waals surface area contributed by atoms with Crippen LogP contribution < -0.4 is 16.4 Å². The number of rotatable bonds is 6. The molecule has 0 radical (unpaired) electrons. The van der Waals surface area contributed by atoms with Crippen LogP contribution in [-0.4, -0.2) is 30.4 Å². The molecule has 0 atom stereocenters. The molecule has 0 aliphatic heterocycles. The Morgan fingerprint density at radius 2 is 1.91 bits per heavy atom. The van der Waals surface area contributed by atoms with Crippen molar-refractivity contribution in [1.29, 1.82) is 0 Å². The number of furan rings is 1. The van der Waals surface area contributed by atoms with E-state index in [1.807, 2.05) is 6.92 Å². The fraction of sp³-hybridized carbons (Fsp3) is 0.625. The molecular formula is C16H25N3O3. The first kappa shape index (κ1) is 16.5. The van der Waals surface area contributed by atoms with E-state index in [1.165, 1.54) is 6.26 Å². The zero-order valence-electron chi connectivity index (χ0n) is 13.1. The van der Waals surface area contributed by atoms with Crippen molar-refractivity contribution in [2.24, 2.45) is 5.73 Å². The van der Waals surface area contributed by atoms with E-state index in [0.29, 0.717) is 25.3 Å². The maximum Gasteiger partial charge on any atom is 0.287 e. The Morgan fingerprint density at radius 1 is 1.23 bits per heavy atom. The largest absolute Gasteiger partial charge is 0.459 e. The van der Waals surface area contributed by atoms with Gasteiger partial charge in [0, 0.05) is 18.7 Å². The van der Waals surface area contributed by atoms with Crippen LogP contribution in [0, 0.1) is 6.92 Å². The first-order valence-electron chi connectivity index (χ1n) is 7.92. The molecule has 1 aromatic heterocycles. The van der Waals surface area contributed by atoms with Gasteiger partial charge in [-0.1, -0.05) is 19.3 Å². The lowest BCUT2D eigenvalue weighted by atomic mass is 9.82. The number of amides is 2. The molecule has 6 nitrogen and oxygen atoms in total. The Kier molecular flexibility index (Phi) is 5.60. The van der Waals surface area contributed by atoms with Crippen molar-refractivity contribution in [3.05, 3.63) is 23.7 Å². The van der Waals surface area contributed by atoms with E-state index in [9.17, 15) is 9.59 Å². The average Bonchev–Trinajstić information content (AvgIpc) is 2.93. The number of carbonyl (C=O) groups is 2. The number of aryl methyl sites for hydroxylation is 1. The summed E-state index contributed by atoms with van der Waals surface area (Å²) in [7, 11) is 0. The summed E-state index contributed by atoms with van der Waals surface area (Å²) in [6.45, 7) is 2.82. The molecule has 2 amide bonds. The predicted molar refractivity (Wildman–Crippen MR) is 83.4 cm³/mol. The van der Waals surface area contributed by atoms with E-state index >= 15 is 0 Å². The second-order valence-electron chi connectivity index (χ2n) is 6.01. The van der Waals surface area contributed by atoms with Gasteiger partial charge in [0.2, 0.25) is 5.91 Å². The third-order valence-electron chi connectivity index (χ3n) is 4.19. The lowest BCUT2D eigenvalue weighted by molar-refractivity contribution is -0.127. The van der Waals surface area contributed by atoms with Gasteiger partial charge in [-0.05, 0) is 32.3 Å². The van der Waals surface area contributed by atoms with Crippen LogP contribution in [-0.2, 0) is 4.79 Å². The Bertz CT molecular complexity index is 518. The van der Waals surface area contributed by atoms with Gasteiger partial charge >= 0.3 is 0 Å². The maximum atomic E-state index is 12.1. The second kappa shape index (κ2) is 7.45. The predicted octanol–water partition coefficient (Wildman–Crippen LogP) is 1.49. The van der Waals surface area contributed by atoms with Gasteiger partial charge in [0.25, 0.3) is 5.91 Å². The van der Waals surface area contributed by atoms with Gasteiger partial charge in [-0.15, -0.1) is 0 Å². The van der Waals surface area contributed by atoms with E-state index in [0.717, 1.165) is 37.7 Å². The second-order valence-corrected chi connectivity index (χ2v) is 6.01. The minimum absolute atomic E-state index is 0.0691. The Morgan fingerprint density at radius 3 is 2.55 bits per heavy atom. The smallest absolute Gasteiger partial charge is 0.287 e. The molecule has 0 saturated heterocycles. The molecule has 1 fully saturated rings. The number of hydrogen-bond donors (Lipinski definition) is 3. The van der Waals surface area contributed by atoms with Crippen LogP contribution in [0.3, 0.4) is 0 Å². The molecule has 1 saturated carbocycles. The highest BCUT2D eigenvalue weighted by Gasteiger charge is 2.34. The van der Waals surface area contributed by atoms with Crippen LogP contribution in [0.4, 0.5) is 0 Å². The molecule has 0 spiro atoms. The van der Waals surface area contributed by atoms with Crippen molar-refractivity contribution < 1.29 is 14.0 Å². The number of carbonyl (C=O) groups excluding carboxylic acids is 2. The molecule has 1 aliphatic carbocycles. The van der Waals surface area contributed by atoms with Crippen molar-refractivity contribution in [1.82, 2.24) is 10.6 Å². The molecule has 0 unspecified atom stereocenters. The maximum absolute atomic E-state index is 12.1. The van der Waals surface area contributed by atoms with Gasteiger partial charge in [-0.25, -0.2) is 0 Å². The Hall–Kier alpha value is -1.82. The first-order chi connectivity index (χ1) is 10.5. The van der Waals surface area contributed by atoms with Crippen LogP contribution in [0.1, 0.15) is 54.6 Å². The minimum atomic E-state index is -0.702. The third-order valence-corrected chi connectivity index (χ3v) is 4.19. The lowest BCUT2D eigenvalue weighted by Crippen LogP contribution is -2.55. The van der Waals surface area contributed by atoms with E-state index in [4.69, 9.17) is 10.2 Å². The molecule has 1 aromatic rings. The van der Waals surface area contributed by atoms with E-state index in [2.05, 4.69) is 10.6 Å². The summed E-state index contributed by atoms with van der Waals surface area (Å²) in [5.41, 5.74) is 6.26. The summed E-state index contributed by atoms with van der Waals surface area (Å²) < 4.78 is 5.12. The van der Waals surface area contributed by atoms with Crippen molar-refractivity contribution in [3.63, 3.8) is 0 Å². The molecule has 1 heterocycles. The molecule has 6 heteroatoms. The summed E-state index contributed by atoms with van der Waals surface area (Å²) in [6.07, 6.45) is 6.86. The monoisotopic (exact) mass is 307 g/mol. The highest BCUT2D eigenvalue weighted by molar-refractivity contribution is 5.92. The van der Waals surface area contributed by atoms with Crippen LogP contribution in [0.25, 0.3) is 0 Å². The Balaban J connectivity index is 1.64. The Labute approximate surface area is 130 Å². The van der Waals surface area contributed by atoms with Gasteiger partial charge in [0.05, 0.1) is 11.8 Å². The molecule has 122 valence electrons. The van der Waals surface area contributed by atoms with Crippen molar-refractivity contribution in [2.45, 2.75) is 51.0 Å². The molecule has 22 heavy (non-hydrogen) atoms. The van der Waals surface area contributed by atoms with Gasteiger partial charge < -0.3 is 20.8 Å². The zero-order valence-corrected chi connectivity index (χ0v) is 13.1. The van der Waals surface area contributed by atoms with Crippen LogP contribution >= 0.6 is 0 Å². The first-order valence-corrected chi connectivity index (χ1v) is 7.92.